The topological polar surface area (TPSA) is 67.9 Å². The number of hydrogen-bond acceptors (Lipinski definition) is 4. The van der Waals surface area contributed by atoms with Crippen molar-refractivity contribution in [2.45, 2.75) is 52.4 Å². The van der Waals surface area contributed by atoms with Crippen LogP contribution in [0.25, 0.3) is 0 Å². The first-order chi connectivity index (χ1) is 10.3. The van der Waals surface area contributed by atoms with Crippen molar-refractivity contribution in [1.82, 2.24) is 10.2 Å². The summed E-state index contributed by atoms with van der Waals surface area (Å²) in [6.45, 7) is 8.91. The largest absolute Gasteiger partial charge is 0.471 e. The fourth-order valence-corrected chi connectivity index (χ4v) is 1.48. The Hall–Kier alpha value is -1.51. The molecule has 0 aliphatic heterocycles. The third kappa shape index (κ3) is 9.98. The summed E-state index contributed by atoms with van der Waals surface area (Å²) in [7, 11) is 0. The van der Waals surface area contributed by atoms with Crippen LogP contribution in [0.1, 0.15) is 34.6 Å². The molecule has 2 amide bonds. The van der Waals surface area contributed by atoms with Crippen LogP contribution >= 0.6 is 0 Å². The van der Waals surface area contributed by atoms with Gasteiger partial charge < -0.3 is 19.7 Å². The van der Waals surface area contributed by atoms with Crippen LogP contribution in [-0.2, 0) is 14.3 Å². The van der Waals surface area contributed by atoms with Gasteiger partial charge in [-0.05, 0) is 34.6 Å². The molecule has 136 valence electrons. The van der Waals surface area contributed by atoms with Crippen molar-refractivity contribution in [3.63, 3.8) is 0 Å². The second-order valence-corrected chi connectivity index (χ2v) is 6.13. The van der Waals surface area contributed by atoms with Crippen molar-refractivity contribution >= 4 is 12.0 Å². The highest BCUT2D eigenvalue weighted by molar-refractivity contribution is 5.81. The Kier molecular flexibility index (Phi) is 8.36. The zero-order valence-electron chi connectivity index (χ0n) is 14.1. The molecule has 0 saturated heterocycles. The minimum absolute atomic E-state index is 0.0813. The molecule has 0 rings (SSSR count). The van der Waals surface area contributed by atoms with E-state index in [1.54, 1.807) is 26.1 Å². The molecule has 0 aromatic heterocycles. The van der Waals surface area contributed by atoms with E-state index in [-0.39, 0.29) is 32.3 Å². The molecule has 6 nitrogen and oxygen atoms in total. The Bertz CT molecular complexity index is 392. The van der Waals surface area contributed by atoms with E-state index in [2.05, 4.69) is 0 Å². The number of rotatable bonds is 7. The van der Waals surface area contributed by atoms with E-state index in [0.717, 1.165) is 0 Å². The number of ether oxygens (including phenoxy) is 2. The number of nitrogens with one attached hydrogen (secondary N) is 1. The zero-order valence-corrected chi connectivity index (χ0v) is 14.1. The van der Waals surface area contributed by atoms with E-state index >= 15 is 0 Å². The summed E-state index contributed by atoms with van der Waals surface area (Å²) >= 11 is 0. The van der Waals surface area contributed by atoms with Gasteiger partial charge in [-0.1, -0.05) is 0 Å². The van der Waals surface area contributed by atoms with Crippen molar-refractivity contribution in [3.05, 3.63) is 0 Å². The van der Waals surface area contributed by atoms with E-state index in [4.69, 9.17) is 9.47 Å². The molecule has 0 aromatic rings. The maximum Gasteiger partial charge on any atom is 0.471 e. The Labute approximate surface area is 134 Å². The fourth-order valence-electron chi connectivity index (χ4n) is 1.48. The molecule has 0 atom stereocenters. The molecule has 0 fully saturated rings. The number of halogens is 3. The minimum atomic E-state index is -4.90. The van der Waals surface area contributed by atoms with Crippen LogP contribution in [0.3, 0.4) is 0 Å². The van der Waals surface area contributed by atoms with Crippen molar-refractivity contribution in [2.75, 3.05) is 26.3 Å². The lowest BCUT2D eigenvalue weighted by Gasteiger charge is -2.30. The first-order valence-electron chi connectivity index (χ1n) is 7.27. The summed E-state index contributed by atoms with van der Waals surface area (Å²) in [5, 5.41) is 1.69. The molecular formula is C14H25F3N2O4. The summed E-state index contributed by atoms with van der Waals surface area (Å²) < 4.78 is 46.2. The number of alkyl halides is 3. The lowest BCUT2D eigenvalue weighted by Crippen LogP contribution is -2.43. The van der Waals surface area contributed by atoms with Gasteiger partial charge >= 0.3 is 18.2 Å². The zero-order chi connectivity index (χ0) is 18.3. The number of nitrogens with zero attached hydrogens (tertiary/aromatic N) is 1. The standard InChI is InChI=1S/C14H25F3N2O4/c1-10(2)19(12(21)23-13(3,4)5)7-9-22-8-6-18-11(20)14(15,16)17/h10H,6-9H2,1-5H3,(H,18,20). The van der Waals surface area contributed by atoms with Gasteiger partial charge in [-0.15, -0.1) is 0 Å². The van der Waals surface area contributed by atoms with E-state index < -0.39 is 23.8 Å². The van der Waals surface area contributed by atoms with Crippen molar-refractivity contribution in [3.8, 4) is 0 Å². The predicted molar refractivity (Wildman–Crippen MR) is 78.0 cm³/mol. The average molecular weight is 342 g/mol. The van der Waals surface area contributed by atoms with E-state index in [9.17, 15) is 22.8 Å². The van der Waals surface area contributed by atoms with Gasteiger partial charge in [0.2, 0.25) is 0 Å². The molecule has 0 aromatic carbocycles. The lowest BCUT2D eigenvalue weighted by atomic mass is 10.2. The Morgan fingerprint density at radius 3 is 2.13 bits per heavy atom. The van der Waals surface area contributed by atoms with Gasteiger partial charge in [0.25, 0.3) is 0 Å². The third-order valence-electron chi connectivity index (χ3n) is 2.52. The van der Waals surface area contributed by atoms with Crippen molar-refractivity contribution < 1.29 is 32.2 Å². The number of hydrogen-bond donors (Lipinski definition) is 1. The molecular weight excluding hydrogens is 317 g/mol. The highest BCUT2D eigenvalue weighted by Crippen LogP contribution is 2.14. The molecule has 0 heterocycles. The molecule has 0 bridgehead atoms. The first kappa shape index (κ1) is 21.5. The minimum Gasteiger partial charge on any atom is -0.444 e. The normalized spacial score (nSPS) is 12.2. The molecule has 0 saturated carbocycles. The van der Waals surface area contributed by atoms with Gasteiger partial charge in [0.05, 0.1) is 13.2 Å². The van der Waals surface area contributed by atoms with E-state index in [1.807, 2.05) is 13.8 Å². The average Bonchev–Trinajstić information content (AvgIpc) is 2.33. The molecule has 0 radical (unpaired) electrons. The monoisotopic (exact) mass is 342 g/mol. The van der Waals surface area contributed by atoms with Gasteiger partial charge in [-0.25, -0.2) is 4.79 Å². The Balaban J connectivity index is 4.07. The fraction of sp³-hybridized carbons (Fsp3) is 0.857. The lowest BCUT2D eigenvalue weighted by molar-refractivity contribution is -0.173. The van der Waals surface area contributed by atoms with Crippen LogP contribution in [0.5, 0.6) is 0 Å². The van der Waals surface area contributed by atoms with Crippen LogP contribution in [0.2, 0.25) is 0 Å². The predicted octanol–water partition coefficient (Wildman–Crippen LogP) is 2.33. The maximum absolute atomic E-state index is 12.0. The van der Waals surface area contributed by atoms with Crippen molar-refractivity contribution in [1.29, 1.82) is 0 Å². The van der Waals surface area contributed by atoms with Crippen LogP contribution in [0.15, 0.2) is 0 Å². The second kappa shape index (κ2) is 8.95. The molecule has 9 heteroatoms. The van der Waals surface area contributed by atoms with E-state index in [0.29, 0.717) is 0 Å². The van der Waals surface area contributed by atoms with Gasteiger partial charge in [0.1, 0.15) is 5.60 Å². The van der Waals surface area contributed by atoms with Crippen LogP contribution in [-0.4, -0.2) is 61.0 Å². The van der Waals surface area contributed by atoms with E-state index in [1.165, 1.54) is 4.90 Å². The quantitative estimate of drug-likeness (QED) is 0.721. The summed E-state index contributed by atoms with van der Waals surface area (Å²) in [5.74, 6) is -2.00. The highest BCUT2D eigenvalue weighted by atomic mass is 19.4. The van der Waals surface area contributed by atoms with Gasteiger partial charge in [0, 0.05) is 19.1 Å². The van der Waals surface area contributed by atoms with Gasteiger partial charge in [0.15, 0.2) is 0 Å². The smallest absolute Gasteiger partial charge is 0.444 e. The summed E-state index contributed by atoms with van der Waals surface area (Å²) in [6, 6.07) is -0.113. The van der Waals surface area contributed by atoms with Gasteiger partial charge in [-0.3, -0.25) is 4.79 Å². The van der Waals surface area contributed by atoms with Gasteiger partial charge in [-0.2, -0.15) is 13.2 Å². The Morgan fingerprint density at radius 2 is 1.70 bits per heavy atom. The third-order valence-corrected chi connectivity index (χ3v) is 2.52. The number of amides is 2. The molecule has 23 heavy (non-hydrogen) atoms. The molecule has 0 aliphatic carbocycles. The number of carbonyl (C=O) groups is 2. The van der Waals surface area contributed by atoms with Crippen LogP contribution < -0.4 is 5.32 Å². The molecule has 0 spiro atoms. The molecule has 0 unspecified atom stereocenters. The molecule has 1 N–H and O–H groups in total. The number of carbonyl (C=O) groups excluding carboxylic acids is 2. The summed E-state index contributed by atoms with van der Waals surface area (Å²) in [6.07, 6.45) is -5.38. The second-order valence-electron chi connectivity index (χ2n) is 6.13. The molecule has 0 aliphatic rings. The SMILES string of the molecule is CC(C)N(CCOCCNC(=O)C(F)(F)F)C(=O)OC(C)(C)C. The highest BCUT2D eigenvalue weighted by Gasteiger charge is 2.38. The summed E-state index contributed by atoms with van der Waals surface area (Å²) in [4.78, 5) is 24.0. The van der Waals surface area contributed by atoms with Crippen LogP contribution in [0, 0.1) is 0 Å². The first-order valence-corrected chi connectivity index (χ1v) is 7.27. The van der Waals surface area contributed by atoms with Crippen molar-refractivity contribution in [2.24, 2.45) is 0 Å². The summed E-state index contributed by atoms with van der Waals surface area (Å²) in [5.41, 5.74) is -0.618. The Morgan fingerprint density at radius 1 is 1.13 bits per heavy atom. The maximum atomic E-state index is 12.0. The van der Waals surface area contributed by atoms with Crippen LogP contribution in [0.4, 0.5) is 18.0 Å².